The second-order valence-corrected chi connectivity index (χ2v) is 13.7. The normalized spacial score (nSPS) is 26.3. The molecule has 3 amide bonds. The Kier molecular flexibility index (Phi) is 7.65. The Hall–Kier alpha value is -2.86. The van der Waals surface area contributed by atoms with Crippen molar-refractivity contribution in [1.29, 1.82) is 0 Å². The Bertz CT molecular complexity index is 1520. The van der Waals surface area contributed by atoms with E-state index in [4.69, 9.17) is 16.3 Å². The summed E-state index contributed by atoms with van der Waals surface area (Å²) in [6, 6.07) is 15.3. The Morgan fingerprint density at radius 3 is 2.05 bits per heavy atom. The van der Waals surface area contributed by atoms with E-state index in [9.17, 15) is 24.0 Å². The molecule has 3 aromatic rings. The number of ketones is 1. The van der Waals surface area contributed by atoms with Crippen LogP contribution in [0.2, 0.25) is 5.02 Å². The summed E-state index contributed by atoms with van der Waals surface area (Å²) >= 11 is 14.6. The van der Waals surface area contributed by atoms with Crippen molar-refractivity contribution in [3.63, 3.8) is 0 Å². The Labute approximate surface area is 260 Å². The molecule has 2 heterocycles. The van der Waals surface area contributed by atoms with Gasteiger partial charge in [0, 0.05) is 25.8 Å². The fraction of sp³-hybridized carbons (Fsp3) is 0.276. The van der Waals surface area contributed by atoms with Crippen molar-refractivity contribution < 1.29 is 28.7 Å². The molecule has 0 radical (unpaired) electrons. The predicted octanol–water partition coefficient (Wildman–Crippen LogP) is 5.64. The number of hydrogen-bond donors (Lipinski definition) is 0. The number of thiophene rings is 1. The Balaban J connectivity index is 1.26. The van der Waals surface area contributed by atoms with Crippen LogP contribution in [0.4, 0.5) is 0 Å². The zero-order valence-corrected chi connectivity index (χ0v) is 25.9. The summed E-state index contributed by atoms with van der Waals surface area (Å²) in [5.74, 6) is -3.59. The van der Waals surface area contributed by atoms with Crippen molar-refractivity contribution in [2.24, 2.45) is 23.7 Å². The third kappa shape index (κ3) is 4.96. The number of imide groups is 1. The van der Waals surface area contributed by atoms with Gasteiger partial charge in [-0.05, 0) is 78.2 Å². The zero-order chi connectivity index (χ0) is 29.0. The number of rotatable bonds is 7. The van der Waals surface area contributed by atoms with Gasteiger partial charge in [0.25, 0.3) is 17.7 Å². The van der Waals surface area contributed by atoms with E-state index in [2.05, 4.69) is 31.9 Å². The molecule has 8 nitrogen and oxygen atoms in total. The first-order chi connectivity index (χ1) is 19.7. The molecule has 2 bridgehead atoms. The van der Waals surface area contributed by atoms with Gasteiger partial charge in [-0.1, -0.05) is 49.5 Å². The maximum absolute atomic E-state index is 13.7. The van der Waals surface area contributed by atoms with Gasteiger partial charge in [-0.3, -0.25) is 19.2 Å². The topological polar surface area (TPSA) is 101 Å². The summed E-state index contributed by atoms with van der Waals surface area (Å²) < 4.78 is 5.36. The first-order valence-corrected chi connectivity index (χ1v) is 15.9. The molecule has 1 aliphatic heterocycles. The average Bonchev–Trinajstić information content (AvgIpc) is 3.74. The van der Waals surface area contributed by atoms with Gasteiger partial charge in [0.2, 0.25) is 0 Å². The largest absolute Gasteiger partial charge is 0.422 e. The molecule has 6 rings (SSSR count). The van der Waals surface area contributed by atoms with Crippen LogP contribution in [0, 0.1) is 23.7 Å². The molecule has 41 heavy (non-hydrogen) atoms. The summed E-state index contributed by atoms with van der Waals surface area (Å²) in [7, 11) is 0. The van der Waals surface area contributed by atoms with Crippen LogP contribution < -0.4 is 4.74 Å². The van der Waals surface area contributed by atoms with Crippen molar-refractivity contribution in [3.8, 4) is 5.75 Å². The first-order valence-electron chi connectivity index (χ1n) is 12.8. The number of hydrazine groups is 1. The smallest absolute Gasteiger partial charge is 0.353 e. The van der Waals surface area contributed by atoms with E-state index in [-0.39, 0.29) is 38.4 Å². The number of amides is 3. The second-order valence-electron chi connectivity index (χ2n) is 10.2. The lowest BCUT2D eigenvalue weighted by Crippen LogP contribution is -2.52. The van der Waals surface area contributed by atoms with E-state index in [1.165, 1.54) is 59.9 Å². The molecule has 0 spiro atoms. The van der Waals surface area contributed by atoms with Crippen LogP contribution in [0.25, 0.3) is 0 Å². The minimum atomic E-state index is -0.670. The summed E-state index contributed by atoms with van der Waals surface area (Å²) in [5.41, 5.74) is 0.394. The third-order valence-electron chi connectivity index (χ3n) is 7.93. The molecule has 12 heteroatoms. The van der Waals surface area contributed by atoms with Gasteiger partial charge in [-0.15, -0.1) is 11.3 Å². The van der Waals surface area contributed by atoms with E-state index in [0.717, 1.165) is 16.4 Å². The van der Waals surface area contributed by atoms with Crippen molar-refractivity contribution in [2.45, 2.75) is 16.1 Å². The highest BCUT2D eigenvalue weighted by atomic mass is 79.9. The van der Waals surface area contributed by atoms with Gasteiger partial charge >= 0.3 is 5.97 Å². The maximum atomic E-state index is 13.7. The number of fused-ring (bicyclic) bond motifs is 5. The Morgan fingerprint density at radius 1 is 0.902 bits per heavy atom. The van der Waals surface area contributed by atoms with Crippen LogP contribution >= 0.6 is 54.8 Å². The van der Waals surface area contributed by atoms with Crippen LogP contribution in [0.15, 0.2) is 66.0 Å². The van der Waals surface area contributed by atoms with Crippen molar-refractivity contribution in [3.05, 3.63) is 87.1 Å². The van der Waals surface area contributed by atoms with Crippen molar-refractivity contribution in [1.82, 2.24) is 10.0 Å². The molecule has 210 valence electrons. The number of hydrogen-bond acceptors (Lipinski definition) is 7. The summed E-state index contributed by atoms with van der Waals surface area (Å²) in [6.07, 6.45) is 0.736. The van der Waals surface area contributed by atoms with Crippen LogP contribution in [0.5, 0.6) is 5.75 Å². The van der Waals surface area contributed by atoms with Gasteiger partial charge < -0.3 is 4.74 Å². The number of ether oxygens (including phenoxy) is 1. The highest BCUT2D eigenvalue weighted by Gasteiger charge is 2.67. The minimum Gasteiger partial charge on any atom is -0.422 e. The number of carbonyl (C=O) groups is 5. The second kappa shape index (κ2) is 11.1. The Morgan fingerprint density at radius 2 is 1.49 bits per heavy atom. The molecule has 1 saturated heterocycles. The van der Waals surface area contributed by atoms with Crippen LogP contribution in [-0.4, -0.2) is 55.7 Å². The summed E-state index contributed by atoms with van der Waals surface area (Å²) in [5, 5.41) is 4.01. The quantitative estimate of drug-likeness (QED) is 0.103. The van der Waals surface area contributed by atoms with E-state index >= 15 is 0 Å². The monoisotopic (exact) mass is 718 g/mol. The fourth-order valence-electron chi connectivity index (χ4n) is 6.03. The lowest BCUT2D eigenvalue weighted by molar-refractivity contribution is -0.154. The molecule has 0 unspecified atom stereocenters. The molecular weight excluding hydrogens is 700 g/mol. The summed E-state index contributed by atoms with van der Waals surface area (Å²) in [6.45, 7) is -0.544. The van der Waals surface area contributed by atoms with Crippen LogP contribution in [-0.2, 0) is 9.59 Å². The molecule has 2 saturated carbocycles. The van der Waals surface area contributed by atoms with E-state index in [0.29, 0.717) is 9.90 Å². The number of carbonyl (C=O) groups excluding carboxylic acids is 5. The SMILES string of the molecule is O=C(CN(C(=O)c1ccc(Cl)cc1)N1C(=O)[C@@H]2[C@H]3C[C@@H]([C@H](Br)[C@H]3Br)[C@@H]2C1=O)c1ccc(OC(=O)c2cccs2)cc1. The fourth-order valence-corrected chi connectivity index (χ4v) is 8.63. The lowest BCUT2D eigenvalue weighted by atomic mass is 9.81. The highest BCUT2D eigenvalue weighted by Crippen LogP contribution is 2.60. The molecule has 6 atom stereocenters. The molecule has 0 N–H and O–H groups in total. The average molecular weight is 721 g/mol. The van der Waals surface area contributed by atoms with E-state index in [1.807, 2.05) is 0 Å². The number of alkyl halides is 2. The van der Waals surface area contributed by atoms with Gasteiger partial charge in [0.1, 0.15) is 17.2 Å². The van der Waals surface area contributed by atoms with Crippen molar-refractivity contribution >= 4 is 84.3 Å². The highest BCUT2D eigenvalue weighted by molar-refractivity contribution is 9.12. The van der Waals surface area contributed by atoms with Gasteiger partial charge in [0.15, 0.2) is 5.78 Å². The standard InChI is InChI=1S/C29H21Br2ClN2O6S/c30-24-18-12-19(25(24)31)23-22(18)27(37)34(28(23)38)33(26(36)15-3-7-16(32)8-4-15)13-20(35)14-5-9-17(10-6-14)40-29(39)21-2-1-11-41-21/h1-11,18-19,22-25H,12-13H2/t18-,19-,22-,23+,24+,25+/m1/s1. The molecule has 3 fully saturated rings. The number of benzene rings is 2. The molecule has 1 aromatic heterocycles. The predicted molar refractivity (Wildman–Crippen MR) is 158 cm³/mol. The van der Waals surface area contributed by atoms with Crippen LogP contribution in [0.3, 0.4) is 0 Å². The lowest BCUT2D eigenvalue weighted by Gasteiger charge is -2.31. The zero-order valence-electron chi connectivity index (χ0n) is 21.1. The van der Waals surface area contributed by atoms with Gasteiger partial charge in [0.05, 0.1) is 11.8 Å². The minimum absolute atomic E-state index is 0.0277. The number of halogens is 3. The maximum Gasteiger partial charge on any atom is 0.353 e. The number of Topliss-reactive ketones (excluding diaryl/α,β-unsaturated/α-hetero) is 1. The molecule has 2 aliphatic carbocycles. The van der Waals surface area contributed by atoms with Crippen molar-refractivity contribution in [2.75, 3.05) is 6.54 Å². The first kappa shape index (κ1) is 28.3. The molecule has 2 aromatic carbocycles. The number of esters is 1. The van der Waals surface area contributed by atoms with Crippen LogP contribution in [0.1, 0.15) is 36.8 Å². The van der Waals surface area contributed by atoms with Gasteiger partial charge in [-0.2, -0.15) is 5.01 Å². The third-order valence-corrected chi connectivity index (χ3v) is 12.2. The van der Waals surface area contributed by atoms with E-state index in [1.54, 1.807) is 17.5 Å². The molecular formula is C29H21Br2ClN2O6S. The summed E-state index contributed by atoms with van der Waals surface area (Å²) in [4.78, 5) is 67.4. The van der Waals surface area contributed by atoms with E-state index < -0.39 is 47.9 Å². The number of nitrogens with zero attached hydrogens (tertiary/aromatic N) is 2. The van der Waals surface area contributed by atoms with Gasteiger partial charge in [-0.25, -0.2) is 9.80 Å². The molecule has 3 aliphatic rings.